The summed E-state index contributed by atoms with van der Waals surface area (Å²) in [5.74, 6) is -0.391. The third-order valence-corrected chi connectivity index (χ3v) is 10.8. The van der Waals surface area contributed by atoms with Crippen molar-refractivity contribution in [2.75, 3.05) is 19.8 Å². The molecule has 0 aliphatic heterocycles. The van der Waals surface area contributed by atoms with Crippen molar-refractivity contribution in [1.29, 1.82) is 0 Å². The first-order valence-corrected chi connectivity index (χ1v) is 24.2. The molecule has 0 N–H and O–H groups in total. The average Bonchev–Trinajstić information content (AvgIpc) is 3.17. The molecule has 320 valence electrons. The van der Waals surface area contributed by atoms with E-state index in [1.807, 2.05) is 0 Å². The van der Waals surface area contributed by atoms with E-state index in [2.05, 4.69) is 32.9 Å². The second kappa shape index (κ2) is 46.0. The molecule has 5 heteroatoms. The Kier molecular flexibility index (Phi) is 44.9. The van der Waals surface area contributed by atoms with Crippen molar-refractivity contribution in [3.05, 3.63) is 12.2 Å². The summed E-state index contributed by atoms with van der Waals surface area (Å²) in [4.78, 5) is 25.2. The zero-order valence-electron chi connectivity index (χ0n) is 36.8. The Morgan fingerprint density at radius 2 is 0.741 bits per heavy atom. The van der Waals surface area contributed by atoms with Crippen molar-refractivity contribution < 1.29 is 23.8 Å². The summed E-state index contributed by atoms with van der Waals surface area (Å²) in [7, 11) is 0. The van der Waals surface area contributed by atoms with Gasteiger partial charge in [-0.3, -0.25) is 9.59 Å². The summed E-state index contributed by atoms with van der Waals surface area (Å²) in [5.41, 5.74) is 0. The summed E-state index contributed by atoms with van der Waals surface area (Å²) < 4.78 is 17.3. The molecule has 0 rings (SSSR count). The summed E-state index contributed by atoms with van der Waals surface area (Å²) in [6, 6.07) is 0. The minimum absolute atomic E-state index is 0.0908. The normalized spacial score (nSPS) is 12.1. The van der Waals surface area contributed by atoms with Gasteiger partial charge in [-0.1, -0.05) is 226 Å². The van der Waals surface area contributed by atoms with Gasteiger partial charge < -0.3 is 14.2 Å². The van der Waals surface area contributed by atoms with E-state index in [1.165, 1.54) is 186 Å². The topological polar surface area (TPSA) is 61.8 Å². The van der Waals surface area contributed by atoms with Crippen LogP contribution in [0.25, 0.3) is 0 Å². The molecule has 0 heterocycles. The van der Waals surface area contributed by atoms with Gasteiger partial charge in [0.25, 0.3) is 0 Å². The first kappa shape index (κ1) is 52.6. The van der Waals surface area contributed by atoms with E-state index in [0.29, 0.717) is 26.1 Å². The van der Waals surface area contributed by atoms with Gasteiger partial charge in [-0.15, -0.1) is 0 Å². The van der Waals surface area contributed by atoms with Gasteiger partial charge in [0.2, 0.25) is 0 Å². The number of hydrogen-bond donors (Lipinski definition) is 0. The van der Waals surface area contributed by atoms with Crippen molar-refractivity contribution in [1.82, 2.24) is 0 Å². The standard InChI is InChI=1S/C49H94O5/c1-4-7-10-13-16-19-22-24-26-29-32-35-38-41-44-52-45-47(54-49(51)43-40-37-34-31-27-21-18-15-12-9-6-3)46-53-48(50)42-39-36-33-30-28-25-23-20-17-14-11-8-5-2/h15,18,47H,4-14,16-17,19-46H2,1-3H3/b18-15-. The molecule has 5 nitrogen and oxygen atoms in total. The monoisotopic (exact) mass is 763 g/mol. The Bertz CT molecular complexity index is 780. The number of allylic oxidation sites excluding steroid dienone is 2. The van der Waals surface area contributed by atoms with Crippen molar-refractivity contribution in [3.8, 4) is 0 Å². The molecule has 0 aromatic rings. The maximum absolute atomic E-state index is 12.7. The molecule has 0 fully saturated rings. The molecule has 1 atom stereocenters. The molecule has 0 aromatic heterocycles. The smallest absolute Gasteiger partial charge is 0.306 e. The SMILES string of the molecule is CCCC/C=C\CCCCCCCC(=O)OC(COCCCCCCCCCCCCCCCC)COC(=O)CCCCCCCCCCCCCCC. The van der Waals surface area contributed by atoms with Gasteiger partial charge in [0.1, 0.15) is 6.61 Å². The van der Waals surface area contributed by atoms with Crippen LogP contribution in [-0.4, -0.2) is 37.9 Å². The largest absolute Gasteiger partial charge is 0.462 e. The van der Waals surface area contributed by atoms with Crippen LogP contribution < -0.4 is 0 Å². The van der Waals surface area contributed by atoms with Crippen molar-refractivity contribution in [2.45, 2.75) is 271 Å². The first-order chi connectivity index (χ1) is 26.6. The Balaban J connectivity index is 4.20. The molecule has 0 amide bonds. The van der Waals surface area contributed by atoms with E-state index in [0.717, 1.165) is 44.9 Å². The van der Waals surface area contributed by atoms with Crippen LogP contribution in [0.2, 0.25) is 0 Å². The molecule has 0 spiro atoms. The average molecular weight is 763 g/mol. The molecule has 0 radical (unpaired) electrons. The molecule has 0 aliphatic carbocycles. The molecule has 1 unspecified atom stereocenters. The Morgan fingerprint density at radius 3 is 1.19 bits per heavy atom. The Hall–Kier alpha value is -1.36. The number of carbonyl (C=O) groups excluding carboxylic acids is 2. The number of carbonyl (C=O) groups is 2. The summed E-state index contributed by atoms with van der Waals surface area (Å²) in [6.07, 6.45) is 50.6. The minimum Gasteiger partial charge on any atom is -0.462 e. The predicted octanol–water partition coefficient (Wildman–Crippen LogP) is 15.9. The zero-order chi connectivity index (χ0) is 39.3. The van der Waals surface area contributed by atoms with E-state index in [1.54, 1.807) is 0 Å². The van der Waals surface area contributed by atoms with Gasteiger partial charge in [-0.25, -0.2) is 0 Å². The lowest BCUT2D eigenvalue weighted by Gasteiger charge is -2.18. The lowest BCUT2D eigenvalue weighted by Crippen LogP contribution is -2.30. The molecule has 54 heavy (non-hydrogen) atoms. The number of unbranched alkanes of at least 4 members (excludes halogenated alkanes) is 32. The lowest BCUT2D eigenvalue weighted by molar-refractivity contribution is -0.163. The van der Waals surface area contributed by atoms with Gasteiger partial charge in [0.15, 0.2) is 6.10 Å². The van der Waals surface area contributed by atoms with Crippen LogP contribution in [0.3, 0.4) is 0 Å². The van der Waals surface area contributed by atoms with Crippen molar-refractivity contribution >= 4 is 11.9 Å². The second-order valence-electron chi connectivity index (χ2n) is 16.4. The highest BCUT2D eigenvalue weighted by atomic mass is 16.6. The number of esters is 2. The van der Waals surface area contributed by atoms with Crippen molar-refractivity contribution in [2.24, 2.45) is 0 Å². The maximum Gasteiger partial charge on any atom is 0.306 e. The third kappa shape index (κ3) is 43.4. The van der Waals surface area contributed by atoms with Crippen molar-refractivity contribution in [3.63, 3.8) is 0 Å². The molecule has 0 bridgehead atoms. The van der Waals surface area contributed by atoms with E-state index in [4.69, 9.17) is 14.2 Å². The number of ether oxygens (including phenoxy) is 3. The van der Waals surface area contributed by atoms with Crippen LogP contribution in [0.15, 0.2) is 12.2 Å². The first-order valence-electron chi connectivity index (χ1n) is 24.2. The lowest BCUT2D eigenvalue weighted by atomic mass is 10.0. The molecule has 0 aliphatic rings. The van der Waals surface area contributed by atoms with Crippen LogP contribution >= 0.6 is 0 Å². The number of hydrogen-bond acceptors (Lipinski definition) is 5. The van der Waals surface area contributed by atoms with E-state index in [9.17, 15) is 9.59 Å². The Morgan fingerprint density at radius 1 is 0.389 bits per heavy atom. The Labute approximate surface area is 337 Å². The second-order valence-corrected chi connectivity index (χ2v) is 16.4. The molecule has 0 aromatic carbocycles. The summed E-state index contributed by atoms with van der Waals surface area (Å²) in [5, 5.41) is 0. The predicted molar refractivity (Wildman–Crippen MR) is 233 cm³/mol. The van der Waals surface area contributed by atoms with Gasteiger partial charge in [0, 0.05) is 19.4 Å². The maximum atomic E-state index is 12.7. The van der Waals surface area contributed by atoms with Gasteiger partial charge in [0.05, 0.1) is 6.61 Å². The summed E-state index contributed by atoms with van der Waals surface area (Å²) >= 11 is 0. The molecule has 0 saturated carbocycles. The highest BCUT2D eigenvalue weighted by Gasteiger charge is 2.17. The van der Waals surface area contributed by atoms with Gasteiger partial charge in [-0.2, -0.15) is 0 Å². The van der Waals surface area contributed by atoms with E-state index in [-0.39, 0.29) is 18.5 Å². The fraction of sp³-hybridized carbons (Fsp3) is 0.918. The van der Waals surface area contributed by atoms with Gasteiger partial charge >= 0.3 is 11.9 Å². The molecular formula is C49H94O5. The quantitative estimate of drug-likeness (QED) is 0.0351. The fourth-order valence-electron chi connectivity index (χ4n) is 7.14. The minimum atomic E-state index is -0.528. The highest BCUT2D eigenvalue weighted by Crippen LogP contribution is 2.15. The zero-order valence-corrected chi connectivity index (χ0v) is 36.8. The van der Waals surface area contributed by atoms with E-state index < -0.39 is 6.10 Å². The third-order valence-electron chi connectivity index (χ3n) is 10.8. The van der Waals surface area contributed by atoms with Crippen LogP contribution in [-0.2, 0) is 23.8 Å². The molecule has 0 saturated heterocycles. The highest BCUT2D eigenvalue weighted by molar-refractivity contribution is 5.70. The molecular weight excluding hydrogens is 669 g/mol. The van der Waals surface area contributed by atoms with Crippen LogP contribution in [0.1, 0.15) is 265 Å². The van der Waals surface area contributed by atoms with Gasteiger partial charge in [-0.05, 0) is 38.5 Å². The van der Waals surface area contributed by atoms with Crippen LogP contribution in [0, 0.1) is 0 Å². The van der Waals surface area contributed by atoms with E-state index >= 15 is 0 Å². The summed E-state index contributed by atoms with van der Waals surface area (Å²) in [6.45, 7) is 7.83. The fourth-order valence-corrected chi connectivity index (χ4v) is 7.14. The number of rotatable bonds is 45. The van der Waals surface area contributed by atoms with Crippen LogP contribution in [0.5, 0.6) is 0 Å². The van der Waals surface area contributed by atoms with Crippen LogP contribution in [0.4, 0.5) is 0 Å².